The molecule has 0 atom stereocenters. The van der Waals surface area contributed by atoms with Gasteiger partial charge in [-0.25, -0.2) is 0 Å². The highest BCUT2D eigenvalue weighted by Gasteiger charge is 2.22. The molecule has 0 saturated carbocycles. The lowest BCUT2D eigenvalue weighted by Crippen LogP contribution is -2.44. The van der Waals surface area contributed by atoms with Gasteiger partial charge >= 0.3 is 0 Å². The number of pyridine rings is 4. The van der Waals surface area contributed by atoms with Crippen molar-refractivity contribution in [1.82, 2.24) is 8.80 Å². The molecule has 0 radical (unpaired) electrons. The summed E-state index contributed by atoms with van der Waals surface area (Å²) >= 11 is 0. The van der Waals surface area contributed by atoms with E-state index in [0.29, 0.717) is 76.2 Å². The fourth-order valence-electron chi connectivity index (χ4n) is 6.87. The van der Waals surface area contributed by atoms with Crippen LogP contribution in [0.4, 0.5) is 0 Å². The van der Waals surface area contributed by atoms with Crippen molar-refractivity contribution in [2.45, 2.75) is 6.42 Å². The molecule has 1 aliphatic carbocycles. The highest BCUT2D eigenvalue weighted by atomic mass is 16.1. The number of hydrogen-bond donors (Lipinski definition) is 0. The Morgan fingerprint density at radius 3 is 1.61 bits per heavy atom. The van der Waals surface area contributed by atoms with Crippen LogP contribution in [0.15, 0.2) is 104 Å². The van der Waals surface area contributed by atoms with Gasteiger partial charge in [-0.2, -0.15) is 0 Å². The molecule has 0 aliphatic heterocycles. The van der Waals surface area contributed by atoms with Crippen molar-refractivity contribution >= 4 is 66.5 Å². The van der Waals surface area contributed by atoms with Gasteiger partial charge in [-0.15, -0.1) is 0 Å². The van der Waals surface area contributed by atoms with E-state index in [1.54, 1.807) is 48.5 Å². The zero-order valence-electron chi connectivity index (χ0n) is 21.5. The van der Waals surface area contributed by atoms with Crippen LogP contribution < -0.4 is 32.3 Å². The third-order valence-electron chi connectivity index (χ3n) is 8.65. The minimum absolute atomic E-state index is 0.125. The van der Waals surface area contributed by atoms with Crippen molar-refractivity contribution in [3.63, 3.8) is 0 Å². The summed E-state index contributed by atoms with van der Waals surface area (Å²) in [4.78, 5) is 55.1. The highest BCUT2D eigenvalue weighted by Crippen LogP contribution is 2.27. The number of hydrogen-bond acceptors (Lipinski definition) is 4. The van der Waals surface area contributed by atoms with E-state index in [1.165, 1.54) is 0 Å². The molecule has 0 unspecified atom stereocenters. The van der Waals surface area contributed by atoms with E-state index in [1.807, 2.05) is 57.4 Å². The Morgan fingerprint density at radius 2 is 0.976 bits per heavy atom. The molecule has 0 saturated heterocycles. The highest BCUT2D eigenvalue weighted by molar-refractivity contribution is 6.04. The molecule has 8 aromatic rings. The molecule has 0 spiro atoms. The molecular weight excluding hydrogens is 512 g/mol. The third kappa shape index (κ3) is 2.62. The number of benzene rings is 4. The Morgan fingerprint density at radius 1 is 0.488 bits per heavy atom. The predicted molar refractivity (Wildman–Crippen MR) is 163 cm³/mol. The number of nitrogens with zero attached hydrogens (tertiary/aromatic N) is 2. The van der Waals surface area contributed by atoms with Crippen molar-refractivity contribution in [1.29, 1.82) is 0 Å². The Kier molecular flexibility index (Phi) is 4.08. The predicted octanol–water partition coefficient (Wildman–Crippen LogP) is 3.29. The second-order valence-electron chi connectivity index (χ2n) is 10.6. The number of aromatic nitrogens is 2. The van der Waals surface area contributed by atoms with Gasteiger partial charge in [0.25, 0.3) is 0 Å². The first kappa shape index (κ1) is 22.2. The monoisotopic (exact) mass is 530 g/mol. The van der Waals surface area contributed by atoms with Crippen molar-refractivity contribution in [3.8, 4) is 0 Å². The van der Waals surface area contributed by atoms with Crippen LogP contribution in [-0.4, -0.2) is 8.80 Å². The summed E-state index contributed by atoms with van der Waals surface area (Å²) in [6.07, 6.45) is 3.97. The lowest BCUT2D eigenvalue weighted by Gasteiger charge is -2.17. The molecule has 9 rings (SSSR count). The summed E-state index contributed by atoms with van der Waals surface area (Å²) in [6, 6.07) is 25.3. The standard InChI is InChI=1S/C35H18N2O4/c38-32-18-7-1-3-13-26(18)36-28-17-29-21(16-15-20(28)34(40)24-11-5-9-22(32)30(24)36)35(41)25-12-6-10-23-31(25)37(29)27-14-4-2-8-19(27)33(23)39/h1-15,17H,16H2. The van der Waals surface area contributed by atoms with Gasteiger partial charge in [-0.05, 0) is 61.0 Å². The summed E-state index contributed by atoms with van der Waals surface area (Å²) in [5.41, 5.74) is 3.08. The zero-order valence-corrected chi connectivity index (χ0v) is 21.5. The first-order valence-corrected chi connectivity index (χ1v) is 13.4. The average Bonchev–Trinajstić information content (AvgIpc) is 3.21. The lowest BCUT2D eigenvalue weighted by molar-refractivity contribution is 1.12. The topological polar surface area (TPSA) is 77.1 Å². The van der Waals surface area contributed by atoms with E-state index in [-0.39, 0.29) is 28.1 Å². The molecule has 4 aromatic carbocycles. The van der Waals surface area contributed by atoms with E-state index in [4.69, 9.17) is 0 Å². The summed E-state index contributed by atoms with van der Waals surface area (Å²) in [5, 5.41) is 4.04. The quantitative estimate of drug-likeness (QED) is 0.223. The second-order valence-corrected chi connectivity index (χ2v) is 10.6. The van der Waals surface area contributed by atoms with Gasteiger partial charge in [0, 0.05) is 43.1 Å². The Labute approximate surface area is 229 Å². The maximum absolute atomic E-state index is 14.0. The number of rotatable bonds is 0. The average molecular weight is 531 g/mol. The molecule has 4 aromatic heterocycles. The van der Waals surface area contributed by atoms with Crippen LogP contribution in [-0.2, 0) is 6.42 Å². The first-order valence-electron chi connectivity index (χ1n) is 13.4. The second kappa shape index (κ2) is 7.52. The number of para-hydroxylation sites is 4. The maximum atomic E-state index is 14.0. The molecule has 6 heteroatoms. The third-order valence-corrected chi connectivity index (χ3v) is 8.65. The van der Waals surface area contributed by atoms with Gasteiger partial charge in [0.05, 0.1) is 33.1 Å². The zero-order chi connectivity index (χ0) is 27.6. The lowest BCUT2D eigenvalue weighted by atomic mass is 10.0. The van der Waals surface area contributed by atoms with Crippen molar-refractivity contribution in [2.24, 2.45) is 0 Å². The van der Waals surface area contributed by atoms with Gasteiger partial charge in [-0.1, -0.05) is 42.5 Å². The van der Waals surface area contributed by atoms with Gasteiger partial charge in [0.2, 0.25) is 0 Å². The Bertz CT molecular complexity index is 2860. The van der Waals surface area contributed by atoms with Crippen LogP contribution in [0, 0.1) is 0 Å². The summed E-state index contributed by atoms with van der Waals surface area (Å²) in [6.45, 7) is 0. The molecule has 0 amide bonds. The van der Waals surface area contributed by atoms with Gasteiger partial charge < -0.3 is 8.80 Å². The molecule has 0 fully saturated rings. The van der Waals surface area contributed by atoms with Crippen LogP contribution in [0.1, 0.15) is 11.3 Å². The Hall–Kier alpha value is -5.62. The van der Waals surface area contributed by atoms with Crippen molar-refractivity contribution in [3.05, 3.63) is 148 Å². The fourth-order valence-corrected chi connectivity index (χ4v) is 6.87. The van der Waals surface area contributed by atoms with Crippen LogP contribution in [0.25, 0.3) is 66.5 Å². The van der Waals surface area contributed by atoms with Crippen LogP contribution >= 0.6 is 0 Å². The normalized spacial score (nSPS) is 13.1. The van der Waals surface area contributed by atoms with E-state index in [2.05, 4.69) is 0 Å². The molecule has 192 valence electrons. The van der Waals surface area contributed by atoms with Crippen LogP contribution in [0.2, 0.25) is 0 Å². The largest absolute Gasteiger partial charge is 0.308 e. The van der Waals surface area contributed by atoms with Crippen molar-refractivity contribution in [2.75, 3.05) is 0 Å². The SMILES string of the molecule is O=c1c2c(n3c4ccccc4c(=O)c4cccc1c43)C=c1c(c(=O)c3cccc4c(=O)c5ccccc5n1c34)=CC2. The molecule has 6 nitrogen and oxygen atoms in total. The summed E-state index contributed by atoms with van der Waals surface area (Å²) < 4.78 is 3.98. The van der Waals surface area contributed by atoms with Gasteiger partial charge in [0.1, 0.15) is 0 Å². The first-order chi connectivity index (χ1) is 20.0. The van der Waals surface area contributed by atoms with Gasteiger partial charge in [0.15, 0.2) is 21.7 Å². The van der Waals surface area contributed by atoms with Gasteiger partial charge in [-0.3, -0.25) is 19.2 Å². The smallest absolute Gasteiger partial charge is 0.197 e. The van der Waals surface area contributed by atoms with Crippen molar-refractivity contribution < 1.29 is 0 Å². The maximum Gasteiger partial charge on any atom is 0.197 e. The van der Waals surface area contributed by atoms with E-state index >= 15 is 0 Å². The molecule has 41 heavy (non-hydrogen) atoms. The minimum atomic E-state index is -0.184. The minimum Gasteiger partial charge on any atom is -0.308 e. The van der Waals surface area contributed by atoms with E-state index in [9.17, 15) is 19.2 Å². The van der Waals surface area contributed by atoms with E-state index < -0.39 is 0 Å². The van der Waals surface area contributed by atoms with E-state index in [0.717, 1.165) is 0 Å². The number of fused-ring (bicyclic) bond motifs is 8. The van der Waals surface area contributed by atoms with Crippen LogP contribution in [0.3, 0.4) is 0 Å². The molecule has 1 aliphatic rings. The summed E-state index contributed by atoms with van der Waals surface area (Å²) in [7, 11) is 0. The molecule has 0 N–H and O–H groups in total. The van der Waals surface area contributed by atoms with Crippen LogP contribution in [0.5, 0.6) is 0 Å². The fraction of sp³-hybridized carbons (Fsp3) is 0.0286. The molecule has 4 heterocycles. The Balaban J connectivity index is 1.66. The molecule has 0 bridgehead atoms. The molecular formula is C35H18N2O4. The summed E-state index contributed by atoms with van der Waals surface area (Å²) in [5.74, 6) is 0.